The molecule has 150 valence electrons. The third-order valence-corrected chi connectivity index (χ3v) is 5.72. The van der Waals surface area contributed by atoms with Crippen molar-refractivity contribution in [1.29, 1.82) is 0 Å². The molecule has 0 fully saturated rings. The summed E-state index contributed by atoms with van der Waals surface area (Å²) in [6.07, 6.45) is 0.987. The molecule has 0 radical (unpaired) electrons. The van der Waals surface area contributed by atoms with E-state index in [4.69, 9.17) is 21.6 Å². The molecular weight excluding hydrogens is 380 g/mol. The molecule has 0 atom stereocenters. The molecule has 0 saturated carbocycles. The maximum atomic E-state index is 6.14. The van der Waals surface area contributed by atoms with Crippen LogP contribution >= 0.6 is 11.6 Å². The van der Waals surface area contributed by atoms with E-state index in [2.05, 4.69) is 68.2 Å². The first kappa shape index (κ1) is 19.7. The van der Waals surface area contributed by atoms with Crippen LogP contribution in [0.4, 0.5) is 17.5 Å². The summed E-state index contributed by atoms with van der Waals surface area (Å²) in [5.74, 6) is 1.85. The van der Waals surface area contributed by atoms with E-state index in [1.165, 1.54) is 11.1 Å². The molecule has 0 amide bonds. The first-order chi connectivity index (χ1) is 13.8. The van der Waals surface area contributed by atoms with E-state index in [0.29, 0.717) is 16.9 Å². The van der Waals surface area contributed by atoms with Gasteiger partial charge < -0.3 is 10.2 Å². The summed E-state index contributed by atoms with van der Waals surface area (Å²) >= 11 is 6.14. The Hall–Kier alpha value is -2.59. The van der Waals surface area contributed by atoms with E-state index in [-0.39, 0.29) is 5.54 Å². The summed E-state index contributed by atoms with van der Waals surface area (Å²) in [7, 11) is 0. The van der Waals surface area contributed by atoms with E-state index in [1.54, 1.807) is 0 Å². The second-order valence-corrected chi connectivity index (χ2v) is 9.05. The Morgan fingerprint density at radius 2 is 1.76 bits per heavy atom. The van der Waals surface area contributed by atoms with Crippen LogP contribution in [0.15, 0.2) is 54.6 Å². The van der Waals surface area contributed by atoms with Crippen molar-refractivity contribution in [3.05, 3.63) is 76.4 Å². The van der Waals surface area contributed by atoms with Crippen LogP contribution in [-0.4, -0.2) is 15.5 Å². The van der Waals surface area contributed by atoms with Gasteiger partial charge in [-0.05, 0) is 55.5 Å². The van der Waals surface area contributed by atoms with Gasteiger partial charge >= 0.3 is 0 Å². The highest BCUT2D eigenvalue weighted by Gasteiger charge is 2.34. The van der Waals surface area contributed by atoms with E-state index in [0.717, 1.165) is 30.2 Å². The second-order valence-electron chi connectivity index (χ2n) is 8.61. The van der Waals surface area contributed by atoms with Gasteiger partial charge in [-0.25, -0.2) is 4.98 Å². The molecule has 0 aliphatic carbocycles. The minimum absolute atomic E-state index is 0.0374. The Labute approximate surface area is 178 Å². The van der Waals surface area contributed by atoms with Crippen LogP contribution in [0.1, 0.15) is 50.4 Å². The van der Waals surface area contributed by atoms with Crippen LogP contribution < -0.4 is 10.2 Å². The van der Waals surface area contributed by atoms with E-state index in [9.17, 15) is 0 Å². The first-order valence-corrected chi connectivity index (χ1v) is 10.5. The van der Waals surface area contributed by atoms with Crippen molar-refractivity contribution < 1.29 is 0 Å². The van der Waals surface area contributed by atoms with Crippen LogP contribution in [0, 0.1) is 0 Å². The number of nitrogens with zero attached hydrogens (tertiary/aromatic N) is 3. The lowest BCUT2D eigenvalue weighted by atomic mass is 9.85. The molecule has 1 aromatic heterocycles. The molecule has 0 bridgehead atoms. The summed E-state index contributed by atoms with van der Waals surface area (Å²) in [5, 5.41) is 4.02. The van der Waals surface area contributed by atoms with Crippen molar-refractivity contribution in [1.82, 2.24) is 9.97 Å². The second kappa shape index (κ2) is 7.68. The third kappa shape index (κ3) is 4.23. The van der Waals surface area contributed by atoms with E-state index in [1.807, 2.05) is 24.3 Å². The minimum atomic E-state index is -0.0374. The fourth-order valence-corrected chi connectivity index (χ4v) is 4.05. The van der Waals surface area contributed by atoms with E-state index < -0.39 is 0 Å². The molecule has 4 nitrogen and oxygen atoms in total. The number of fused-ring (bicyclic) bond motifs is 1. The normalized spacial score (nSPS) is 15.3. The summed E-state index contributed by atoms with van der Waals surface area (Å²) in [5.41, 5.74) is 4.65. The number of halogens is 1. The standard InChI is InChI=1S/C24H27ClN4/c1-16(2)21-13-22(28-23(27-21)26-20-11-7-10-19(25)12-20)29-15-18-9-6-5-8-17(18)14-24(29,3)4/h5-13,16H,14-15H2,1-4H3,(H,26,27,28). The summed E-state index contributed by atoms with van der Waals surface area (Å²) in [6, 6.07) is 18.4. The average Bonchev–Trinajstić information content (AvgIpc) is 2.66. The van der Waals surface area contributed by atoms with E-state index >= 15 is 0 Å². The fourth-order valence-electron chi connectivity index (χ4n) is 3.86. The van der Waals surface area contributed by atoms with Gasteiger partial charge in [0.25, 0.3) is 0 Å². The molecule has 5 heteroatoms. The monoisotopic (exact) mass is 406 g/mol. The molecule has 1 aliphatic heterocycles. The van der Waals surface area contributed by atoms with Crippen molar-refractivity contribution >= 4 is 29.1 Å². The Morgan fingerprint density at radius 3 is 2.48 bits per heavy atom. The average molecular weight is 407 g/mol. The predicted octanol–water partition coefficient (Wildman–Crippen LogP) is 6.34. The Morgan fingerprint density at radius 1 is 1.00 bits per heavy atom. The van der Waals surface area contributed by atoms with Crippen LogP contribution in [0.25, 0.3) is 0 Å². The lowest BCUT2D eigenvalue weighted by Gasteiger charge is -2.44. The van der Waals surface area contributed by atoms with Gasteiger partial charge in [0.15, 0.2) is 0 Å². The molecule has 2 heterocycles. The Kier molecular flexibility index (Phi) is 5.22. The molecular formula is C24H27ClN4. The van der Waals surface area contributed by atoms with Gasteiger partial charge in [-0.3, -0.25) is 0 Å². The van der Waals surface area contributed by atoms with Crippen LogP contribution in [0.2, 0.25) is 5.02 Å². The molecule has 29 heavy (non-hydrogen) atoms. The van der Waals surface area contributed by atoms with Crippen LogP contribution in [-0.2, 0) is 13.0 Å². The quantitative estimate of drug-likeness (QED) is 0.549. The van der Waals surface area contributed by atoms with Gasteiger partial charge in [-0.15, -0.1) is 0 Å². The van der Waals surface area contributed by atoms with Crippen molar-refractivity contribution in [2.75, 3.05) is 10.2 Å². The lowest BCUT2D eigenvalue weighted by Crippen LogP contribution is -2.49. The van der Waals surface area contributed by atoms with Crippen molar-refractivity contribution in [3.8, 4) is 0 Å². The number of rotatable bonds is 4. The van der Waals surface area contributed by atoms with Gasteiger partial charge in [-0.2, -0.15) is 4.98 Å². The third-order valence-electron chi connectivity index (χ3n) is 5.48. The first-order valence-electron chi connectivity index (χ1n) is 10.1. The summed E-state index contributed by atoms with van der Waals surface area (Å²) in [4.78, 5) is 12.0. The number of hydrogen-bond donors (Lipinski definition) is 1. The number of anilines is 3. The minimum Gasteiger partial charge on any atom is -0.347 e. The smallest absolute Gasteiger partial charge is 0.229 e. The van der Waals surface area contributed by atoms with Crippen LogP contribution in [0.3, 0.4) is 0 Å². The van der Waals surface area contributed by atoms with Crippen molar-refractivity contribution in [2.24, 2.45) is 0 Å². The Bertz CT molecular complexity index is 1030. The van der Waals surface area contributed by atoms with Crippen molar-refractivity contribution in [3.63, 3.8) is 0 Å². The van der Waals surface area contributed by atoms with Gasteiger partial charge in [-0.1, -0.05) is 55.8 Å². The number of nitrogens with one attached hydrogen (secondary N) is 1. The zero-order valence-electron chi connectivity index (χ0n) is 17.4. The number of benzene rings is 2. The molecule has 2 aromatic carbocycles. The molecule has 3 aromatic rings. The molecule has 1 N–H and O–H groups in total. The fraction of sp³-hybridized carbons (Fsp3) is 0.333. The molecule has 0 saturated heterocycles. The highest BCUT2D eigenvalue weighted by Crippen LogP contribution is 2.35. The zero-order chi connectivity index (χ0) is 20.6. The SMILES string of the molecule is CC(C)c1cc(N2Cc3ccccc3CC2(C)C)nc(Nc2cccc(Cl)c2)n1. The molecule has 0 unspecified atom stereocenters. The zero-order valence-corrected chi connectivity index (χ0v) is 18.2. The number of hydrogen-bond acceptors (Lipinski definition) is 4. The largest absolute Gasteiger partial charge is 0.347 e. The topological polar surface area (TPSA) is 41.1 Å². The lowest BCUT2D eigenvalue weighted by molar-refractivity contribution is 0.427. The maximum absolute atomic E-state index is 6.14. The predicted molar refractivity (Wildman–Crippen MR) is 121 cm³/mol. The van der Waals surface area contributed by atoms with Gasteiger partial charge in [0, 0.05) is 28.9 Å². The maximum Gasteiger partial charge on any atom is 0.229 e. The highest BCUT2D eigenvalue weighted by molar-refractivity contribution is 6.30. The summed E-state index contributed by atoms with van der Waals surface area (Å²) < 4.78 is 0. The van der Waals surface area contributed by atoms with Gasteiger partial charge in [0.1, 0.15) is 5.82 Å². The Balaban J connectivity index is 1.74. The highest BCUT2D eigenvalue weighted by atomic mass is 35.5. The van der Waals surface area contributed by atoms with Crippen LogP contribution in [0.5, 0.6) is 0 Å². The molecule has 1 aliphatic rings. The number of aromatic nitrogens is 2. The molecule has 0 spiro atoms. The summed E-state index contributed by atoms with van der Waals surface area (Å²) in [6.45, 7) is 9.72. The van der Waals surface area contributed by atoms with Gasteiger partial charge in [0.05, 0.1) is 5.69 Å². The molecule has 4 rings (SSSR count). The van der Waals surface area contributed by atoms with Gasteiger partial charge in [0.2, 0.25) is 5.95 Å². The van der Waals surface area contributed by atoms with Crippen molar-refractivity contribution in [2.45, 2.75) is 52.1 Å².